The zero-order chi connectivity index (χ0) is 23.2. The van der Waals surface area contributed by atoms with Crippen molar-refractivity contribution in [3.8, 4) is 0 Å². The summed E-state index contributed by atoms with van der Waals surface area (Å²) in [6, 6.07) is -1.55. The van der Waals surface area contributed by atoms with Gasteiger partial charge in [-0.2, -0.15) is 0 Å². The monoisotopic (exact) mass is 441 g/mol. The van der Waals surface area contributed by atoms with Gasteiger partial charge in [-0.05, 0) is 19.3 Å². The van der Waals surface area contributed by atoms with Crippen molar-refractivity contribution in [2.75, 3.05) is 6.54 Å². The normalized spacial score (nSPS) is 11.8. The van der Waals surface area contributed by atoms with E-state index in [-0.39, 0.29) is 12.3 Å². The van der Waals surface area contributed by atoms with Crippen LogP contribution in [-0.2, 0) is 9.59 Å². The largest absolute Gasteiger partial charge is 0.480 e. The number of nitrogens with two attached hydrogens (primary N) is 1. The summed E-state index contributed by atoms with van der Waals surface area (Å²) in [6.07, 6.45) is 20.1. The van der Waals surface area contributed by atoms with Crippen LogP contribution in [0.25, 0.3) is 0 Å². The van der Waals surface area contributed by atoms with E-state index < -0.39 is 18.0 Å². The van der Waals surface area contributed by atoms with Gasteiger partial charge in [-0.15, -0.1) is 0 Å². The van der Waals surface area contributed by atoms with Crippen molar-refractivity contribution in [3.63, 3.8) is 0 Å². The highest BCUT2D eigenvalue weighted by molar-refractivity contribution is 5.83. The van der Waals surface area contributed by atoms with E-state index in [4.69, 9.17) is 5.73 Å². The molecule has 0 aromatic heterocycles. The summed E-state index contributed by atoms with van der Waals surface area (Å²) < 4.78 is 0. The van der Waals surface area contributed by atoms with Gasteiger partial charge in [-0.3, -0.25) is 4.79 Å². The molecule has 31 heavy (non-hydrogen) atoms. The number of rotatable bonds is 22. The van der Waals surface area contributed by atoms with Crippen LogP contribution in [0.3, 0.4) is 0 Å². The Morgan fingerprint density at radius 2 is 1.19 bits per heavy atom. The van der Waals surface area contributed by atoms with Gasteiger partial charge in [0.15, 0.2) is 0 Å². The number of carboxylic acids is 1. The maximum Gasteiger partial charge on any atom is 0.326 e. The van der Waals surface area contributed by atoms with Crippen molar-refractivity contribution in [2.24, 2.45) is 5.73 Å². The van der Waals surface area contributed by atoms with Gasteiger partial charge in [0.2, 0.25) is 5.91 Å². The Kier molecular flexibility index (Phi) is 20.2. The molecular formula is C24H47N3O4. The molecule has 0 bridgehead atoms. The summed E-state index contributed by atoms with van der Waals surface area (Å²) in [6.45, 7) is 2.56. The molecule has 3 amide bonds. The quantitative estimate of drug-likeness (QED) is 0.171. The minimum absolute atomic E-state index is 0.218. The summed E-state index contributed by atoms with van der Waals surface area (Å²) in [4.78, 5) is 33.8. The number of carbonyl (C=O) groups is 3. The number of amides is 3. The van der Waals surface area contributed by atoms with Gasteiger partial charge in [-0.1, -0.05) is 96.8 Å². The van der Waals surface area contributed by atoms with Crippen LogP contribution in [0.1, 0.15) is 122 Å². The Balaban J connectivity index is 3.51. The van der Waals surface area contributed by atoms with Crippen LogP contribution in [-0.4, -0.2) is 35.6 Å². The van der Waals surface area contributed by atoms with E-state index in [1.165, 1.54) is 77.0 Å². The molecule has 0 spiro atoms. The standard InChI is InChI=1S/C24H47N3O4/c1-2-3-4-5-6-7-8-9-10-11-12-13-14-15-16-19-22(28)27-21(23(29)30)18-17-20-26-24(25)31/h21H,2-20H2,1H3,(H,27,28)(H,29,30)(H3,25,26,31)/t21-/m0/s1. The van der Waals surface area contributed by atoms with Gasteiger partial charge in [0.25, 0.3) is 0 Å². The lowest BCUT2D eigenvalue weighted by Crippen LogP contribution is -2.41. The van der Waals surface area contributed by atoms with Crippen LogP contribution in [0, 0.1) is 0 Å². The first-order valence-electron chi connectivity index (χ1n) is 12.5. The molecule has 1 atom stereocenters. The predicted molar refractivity (Wildman–Crippen MR) is 126 cm³/mol. The van der Waals surface area contributed by atoms with E-state index in [0.29, 0.717) is 19.4 Å². The molecular weight excluding hydrogens is 394 g/mol. The molecule has 5 N–H and O–H groups in total. The van der Waals surface area contributed by atoms with Gasteiger partial charge in [-0.25, -0.2) is 9.59 Å². The molecule has 0 unspecified atom stereocenters. The highest BCUT2D eigenvalue weighted by Crippen LogP contribution is 2.13. The number of nitrogens with one attached hydrogen (secondary N) is 2. The molecule has 7 heteroatoms. The summed E-state index contributed by atoms with van der Waals surface area (Å²) in [5, 5.41) is 14.2. The van der Waals surface area contributed by atoms with Crippen LogP contribution < -0.4 is 16.4 Å². The van der Waals surface area contributed by atoms with Crippen LogP contribution >= 0.6 is 0 Å². The van der Waals surface area contributed by atoms with E-state index in [2.05, 4.69) is 17.6 Å². The zero-order valence-corrected chi connectivity index (χ0v) is 19.8. The summed E-state index contributed by atoms with van der Waals surface area (Å²) in [5.41, 5.74) is 4.96. The highest BCUT2D eigenvalue weighted by atomic mass is 16.4. The van der Waals surface area contributed by atoms with Gasteiger partial charge in [0, 0.05) is 13.0 Å². The molecule has 0 radical (unpaired) electrons. The maximum absolute atomic E-state index is 12.0. The lowest BCUT2D eigenvalue weighted by molar-refractivity contribution is -0.142. The molecule has 0 fully saturated rings. The first kappa shape index (κ1) is 29.2. The highest BCUT2D eigenvalue weighted by Gasteiger charge is 2.19. The van der Waals surface area contributed by atoms with E-state index in [9.17, 15) is 19.5 Å². The second-order valence-corrected chi connectivity index (χ2v) is 8.59. The third-order valence-electron chi connectivity index (χ3n) is 5.61. The number of hydrogen-bond donors (Lipinski definition) is 4. The summed E-state index contributed by atoms with van der Waals surface area (Å²) >= 11 is 0. The maximum atomic E-state index is 12.0. The SMILES string of the molecule is CCCCCCCCCCCCCCCCCC(=O)N[C@@H](CCCNC(N)=O)C(=O)O. The number of carboxylic acid groups (broad SMARTS) is 1. The van der Waals surface area contributed by atoms with Gasteiger partial charge >= 0.3 is 12.0 Å². The Bertz CT molecular complexity index is 472. The Morgan fingerprint density at radius 3 is 1.61 bits per heavy atom. The lowest BCUT2D eigenvalue weighted by atomic mass is 10.0. The van der Waals surface area contributed by atoms with Crippen molar-refractivity contribution in [2.45, 2.75) is 129 Å². The molecule has 0 rings (SSSR count). The van der Waals surface area contributed by atoms with E-state index >= 15 is 0 Å². The zero-order valence-electron chi connectivity index (χ0n) is 19.8. The van der Waals surface area contributed by atoms with Gasteiger partial charge in [0.05, 0.1) is 0 Å². The molecule has 0 aromatic carbocycles. The topological polar surface area (TPSA) is 122 Å². The van der Waals surface area contributed by atoms with Crippen molar-refractivity contribution in [1.82, 2.24) is 10.6 Å². The summed E-state index contributed by atoms with van der Waals surface area (Å²) in [5.74, 6) is -1.27. The van der Waals surface area contributed by atoms with Crippen molar-refractivity contribution in [1.29, 1.82) is 0 Å². The molecule has 7 nitrogen and oxygen atoms in total. The Morgan fingerprint density at radius 1 is 0.742 bits per heavy atom. The molecule has 0 saturated carbocycles. The molecule has 0 heterocycles. The van der Waals surface area contributed by atoms with Crippen LogP contribution in [0.2, 0.25) is 0 Å². The first-order chi connectivity index (χ1) is 15.0. The third kappa shape index (κ3) is 21.2. The fourth-order valence-corrected chi connectivity index (χ4v) is 3.70. The molecule has 0 aliphatic heterocycles. The Hall–Kier alpha value is -1.79. The summed E-state index contributed by atoms with van der Waals surface area (Å²) in [7, 11) is 0. The first-order valence-corrected chi connectivity index (χ1v) is 12.5. The minimum Gasteiger partial charge on any atom is -0.480 e. The lowest BCUT2D eigenvalue weighted by Gasteiger charge is -2.14. The number of carbonyl (C=O) groups excluding carboxylic acids is 2. The average molecular weight is 442 g/mol. The van der Waals surface area contributed by atoms with Gasteiger partial charge in [0.1, 0.15) is 6.04 Å². The fourth-order valence-electron chi connectivity index (χ4n) is 3.70. The Labute approximate surface area is 189 Å². The van der Waals surface area contributed by atoms with Gasteiger partial charge < -0.3 is 21.5 Å². The number of primary amides is 1. The molecule has 0 aliphatic rings. The number of hydrogen-bond acceptors (Lipinski definition) is 3. The average Bonchev–Trinajstić information content (AvgIpc) is 2.72. The van der Waals surface area contributed by atoms with Crippen LogP contribution in [0.5, 0.6) is 0 Å². The second-order valence-electron chi connectivity index (χ2n) is 8.59. The van der Waals surface area contributed by atoms with Crippen LogP contribution in [0.4, 0.5) is 4.79 Å². The number of unbranched alkanes of at least 4 members (excludes halogenated alkanes) is 14. The molecule has 0 saturated heterocycles. The van der Waals surface area contributed by atoms with Crippen LogP contribution in [0.15, 0.2) is 0 Å². The van der Waals surface area contributed by atoms with Crippen molar-refractivity contribution >= 4 is 17.9 Å². The minimum atomic E-state index is -1.05. The van der Waals surface area contributed by atoms with E-state index in [1.807, 2.05) is 0 Å². The second kappa shape index (κ2) is 21.4. The van der Waals surface area contributed by atoms with E-state index in [1.54, 1.807) is 0 Å². The smallest absolute Gasteiger partial charge is 0.326 e. The number of urea groups is 1. The molecule has 0 aliphatic carbocycles. The molecule has 182 valence electrons. The van der Waals surface area contributed by atoms with Crippen molar-refractivity contribution in [3.05, 3.63) is 0 Å². The number of aliphatic carboxylic acids is 1. The molecule has 0 aromatic rings. The predicted octanol–water partition coefficient (Wildman–Crippen LogP) is 5.27. The van der Waals surface area contributed by atoms with E-state index in [0.717, 1.165) is 19.3 Å². The van der Waals surface area contributed by atoms with Crippen molar-refractivity contribution < 1.29 is 19.5 Å². The third-order valence-corrected chi connectivity index (χ3v) is 5.61. The fraction of sp³-hybridized carbons (Fsp3) is 0.875.